The number of imide groups is 1. The lowest BCUT2D eigenvalue weighted by atomic mass is 10.3. The van der Waals surface area contributed by atoms with Gasteiger partial charge in [-0.1, -0.05) is 6.08 Å². The number of nitro groups is 1. The summed E-state index contributed by atoms with van der Waals surface area (Å²) in [5.74, 6) is -0.735. The fourth-order valence-corrected chi connectivity index (χ4v) is 2.26. The van der Waals surface area contributed by atoms with Gasteiger partial charge in [0.05, 0.1) is 11.0 Å². The average molecular weight is 280 g/mol. The van der Waals surface area contributed by atoms with Gasteiger partial charge in [0.25, 0.3) is 11.1 Å². The van der Waals surface area contributed by atoms with Crippen molar-refractivity contribution < 1.29 is 18.9 Å². The number of rotatable bonds is 4. The van der Waals surface area contributed by atoms with Crippen molar-refractivity contribution >= 4 is 34.9 Å². The van der Waals surface area contributed by atoms with Crippen LogP contribution >= 0.6 is 11.8 Å². The van der Waals surface area contributed by atoms with E-state index in [2.05, 4.69) is 6.58 Å². The van der Waals surface area contributed by atoms with Crippen LogP contribution in [0.15, 0.2) is 34.1 Å². The Labute approximate surface area is 111 Å². The van der Waals surface area contributed by atoms with Gasteiger partial charge in [0.15, 0.2) is 0 Å². The number of hydrogen-bond donors (Lipinski definition) is 0. The van der Waals surface area contributed by atoms with E-state index < -0.39 is 22.0 Å². The van der Waals surface area contributed by atoms with Crippen molar-refractivity contribution in [1.29, 1.82) is 0 Å². The number of thioether (sulfide) groups is 1. The molecular weight excluding hydrogens is 272 g/mol. The van der Waals surface area contributed by atoms with E-state index in [9.17, 15) is 19.7 Å². The Morgan fingerprint density at radius 3 is 2.79 bits per heavy atom. The van der Waals surface area contributed by atoms with Crippen molar-refractivity contribution in [3.63, 3.8) is 0 Å². The van der Waals surface area contributed by atoms with E-state index in [0.717, 1.165) is 16.7 Å². The first-order valence-electron chi connectivity index (χ1n) is 5.13. The highest BCUT2D eigenvalue weighted by Gasteiger charge is 2.34. The van der Waals surface area contributed by atoms with Crippen LogP contribution in [0, 0.1) is 10.1 Å². The topological polar surface area (TPSA) is 93.7 Å². The lowest BCUT2D eigenvalue weighted by Gasteiger charge is -2.07. The standard InChI is InChI=1S/C11H8N2O5S/c1-2-5-12-10(14)8(19-11(12)15)6-7-3-4-9(18-7)13(16)17/h2-4,6H,1,5H2/b8-6+. The van der Waals surface area contributed by atoms with E-state index in [0.29, 0.717) is 0 Å². The van der Waals surface area contributed by atoms with Crippen molar-refractivity contribution in [3.05, 3.63) is 45.6 Å². The molecule has 98 valence electrons. The zero-order valence-corrected chi connectivity index (χ0v) is 10.4. The second-order valence-corrected chi connectivity index (χ2v) is 4.51. The summed E-state index contributed by atoms with van der Waals surface area (Å²) in [5.41, 5.74) is 0. The molecule has 0 aromatic carbocycles. The maximum Gasteiger partial charge on any atom is 0.433 e. The molecule has 0 spiro atoms. The quantitative estimate of drug-likeness (QED) is 0.364. The van der Waals surface area contributed by atoms with E-state index >= 15 is 0 Å². The maximum atomic E-state index is 11.8. The Balaban J connectivity index is 2.24. The minimum absolute atomic E-state index is 0.125. The summed E-state index contributed by atoms with van der Waals surface area (Å²) in [5, 5.41) is 10.0. The van der Waals surface area contributed by atoms with Gasteiger partial charge in [-0.3, -0.25) is 24.6 Å². The molecule has 0 unspecified atom stereocenters. The summed E-state index contributed by atoms with van der Waals surface area (Å²) < 4.78 is 4.89. The van der Waals surface area contributed by atoms with Gasteiger partial charge >= 0.3 is 5.88 Å². The predicted octanol–water partition coefficient (Wildman–Crippen LogP) is 2.41. The first kappa shape index (κ1) is 13.1. The maximum absolute atomic E-state index is 11.8. The van der Waals surface area contributed by atoms with E-state index in [1.807, 2.05) is 0 Å². The van der Waals surface area contributed by atoms with Crippen molar-refractivity contribution in [2.45, 2.75) is 0 Å². The van der Waals surface area contributed by atoms with Crippen LogP contribution in [0.5, 0.6) is 0 Å². The summed E-state index contributed by atoms with van der Waals surface area (Å²) in [6.07, 6.45) is 2.75. The van der Waals surface area contributed by atoms with Gasteiger partial charge in [-0.2, -0.15) is 0 Å². The van der Waals surface area contributed by atoms with Gasteiger partial charge in [0.2, 0.25) is 0 Å². The van der Waals surface area contributed by atoms with Gasteiger partial charge in [0.1, 0.15) is 10.7 Å². The summed E-state index contributed by atoms with van der Waals surface area (Å²) in [4.78, 5) is 34.3. The minimum Gasteiger partial charge on any atom is -0.401 e. The number of amides is 2. The van der Waals surface area contributed by atoms with Crippen molar-refractivity contribution in [2.24, 2.45) is 0 Å². The number of hydrogen-bond acceptors (Lipinski definition) is 6. The molecule has 0 aliphatic carbocycles. The van der Waals surface area contributed by atoms with Gasteiger partial charge in [-0.25, -0.2) is 0 Å². The first-order valence-corrected chi connectivity index (χ1v) is 5.95. The van der Waals surface area contributed by atoms with E-state index in [4.69, 9.17) is 4.42 Å². The summed E-state index contributed by atoms with van der Waals surface area (Å²) in [7, 11) is 0. The molecule has 2 heterocycles. The Morgan fingerprint density at radius 1 is 1.47 bits per heavy atom. The molecule has 0 bridgehead atoms. The lowest BCUT2D eigenvalue weighted by Crippen LogP contribution is -2.27. The second kappa shape index (κ2) is 5.11. The van der Waals surface area contributed by atoms with E-state index in [1.165, 1.54) is 24.3 Å². The number of carbonyl (C=O) groups excluding carboxylic acids is 2. The zero-order chi connectivity index (χ0) is 14.0. The normalized spacial score (nSPS) is 17.3. The third-order valence-electron chi connectivity index (χ3n) is 2.25. The van der Waals surface area contributed by atoms with E-state index in [1.54, 1.807) is 0 Å². The van der Waals surface area contributed by atoms with Gasteiger partial charge in [0, 0.05) is 12.6 Å². The zero-order valence-electron chi connectivity index (χ0n) is 9.57. The van der Waals surface area contributed by atoms with Crippen molar-refractivity contribution in [2.75, 3.05) is 6.54 Å². The molecule has 1 aromatic heterocycles. The monoisotopic (exact) mass is 280 g/mol. The number of carbonyl (C=O) groups is 2. The molecule has 0 atom stereocenters. The Bertz CT molecular complexity index is 604. The molecule has 2 amide bonds. The molecule has 0 N–H and O–H groups in total. The molecule has 7 nitrogen and oxygen atoms in total. The van der Waals surface area contributed by atoms with Crippen LogP contribution in [0.2, 0.25) is 0 Å². The van der Waals surface area contributed by atoms with Crippen LogP contribution in [0.1, 0.15) is 5.76 Å². The number of nitrogens with zero attached hydrogens (tertiary/aromatic N) is 2. The third-order valence-corrected chi connectivity index (χ3v) is 3.16. The van der Waals surface area contributed by atoms with Crippen LogP contribution in [0.25, 0.3) is 6.08 Å². The van der Waals surface area contributed by atoms with Crippen LogP contribution in [0.4, 0.5) is 10.7 Å². The summed E-state index contributed by atoms with van der Waals surface area (Å²) >= 11 is 0.755. The average Bonchev–Trinajstić information content (AvgIpc) is 2.91. The Morgan fingerprint density at radius 2 is 2.21 bits per heavy atom. The van der Waals surface area contributed by atoms with E-state index in [-0.39, 0.29) is 17.2 Å². The SMILES string of the molecule is C=CCN1C(=O)S/C(=C/c2ccc([N+](=O)[O-])o2)C1=O. The lowest BCUT2D eigenvalue weighted by molar-refractivity contribution is -0.402. The highest BCUT2D eigenvalue weighted by atomic mass is 32.2. The molecule has 1 fully saturated rings. The molecule has 1 saturated heterocycles. The fraction of sp³-hybridized carbons (Fsp3) is 0.0909. The molecule has 19 heavy (non-hydrogen) atoms. The molecule has 1 aromatic rings. The van der Waals surface area contributed by atoms with Crippen molar-refractivity contribution in [1.82, 2.24) is 4.90 Å². The molecule has 0 saturated carbocycles. The Kier molecular flexibility index (Phi) is 3.52. The highest BCUT2D eigenvalue weighted by Crippen LogP contribution is 2.32. The first-order chi connectivity index (χ1) is 9.02. The minimum atomic E-state index is -0.680. The predicted molar refractivity (Wildman–Crippen MR) is 68.2 cm³/mol. The third kappa shape index (κ3) is 2.58. The smallest absolute Gasteiger partial charge is 0.401 e. The summed E-state index contributed by atoms with van der Waals surface area (Å²) in [6, 6.07) is 2.54. The van der Waals surface area contributed by atoms with Gasteiger partial charge < -0.3 is 4.42 Å². The van der Waals surface area contributed by atoms with Gasteiger partial charge in [-0.05, 0) is 17.8 Å². The molecule has 0 radical (unpaired) electrons. The van der Waals surface area contributed by atoms with Crippen LogP contribution in [0.3, 0.4) is 0 Å². The number of furan rings is 1. The summed E-state index contributed by atoms with van der Waals surface area (Å²) in [6.45, 7) is 3.58. The van der Waals surface area contributed by atoms with Gasteiger partial charge in [-0.15, -0.1) is 6.58 Å². The largest absolute Gasteiger partial charge is 0.433 e. The van der Waals surface area contributed by atoms with Crippen LogP contribution in [-0.4, -0.2) is 27.5 Å². The second-order valence-electron chi connectivity index (χ2n) is 3.51. The highest BCUT2D eigenvalue weighted by molar-refractivity contribution is 8.18. The fourth-order valence-electron chi connectivity index (χ4n) is 1.43. The molecular formula is C11H8N2O5S. The molecule has 2 rings (SSSR count). The molecule has 1 aliphatic heterocycles. The Hall–Kier alpha value is -2.35. The molecule has 8 heteroatoms. The van der Waals surface area contributed by atoms with Crippen molar-refractivity contribution in [3.8, 4) is 0 Å². The van der Waals surface area contributed by atoms with Crippen LogP contribution < -0.4 is 0 Å². The van der Waals surface area contributed by atoms with Crippen LogP contribution in [-0.2, 0) is 4.79 Å². The molecule has 1 aliphatic rings.